The lowest BCUT2D eigenvalue weighted by molar-refractivity contribution is -1.02. The Bertz CT molecular complexity index is 939. The summed E-state index contributed by atoms with van der Waals surface area (Å²) in [4.78, 5) is 16.5. The number of quaternary nitrogens is 2. The molecular formula is C22H28N4O2S+2. The van der Waals surface area contributed by atoms with E-state index in [1.165, 1.54) is 9.80 Å². The summed E-state index contributed by atoms with van der Waals surface area (Å²) in [6, 6.07) is 12.2. The second-order valence-corrected chi connectivity index (χ2v) is 8.78. The fraction of sp³-hybridized carbons (Fsp3) is 0.364. The molecule has 0 spiro atoms. The summed E-state index contributed by atoms with van der Waals surface area (Å²) in [6.07, 6.45) is 0. The molecule has 3 N–H and O–H groups in total. The third-order valence-corrected chi connectivity index (χ3v) is 6.46. The quantitative estimate of drug-likeness (QED) is 0.565. The van der Waals surface area contributed by atoms with E-state index in [0.29, 0.717) is 6.54 Å². The van der Waals surface area contributed by atoms with E-state index in [1.54, 1.807) is 11.3 Å². The minimum Gasteiger partial charge on any atom is -0.355 e. The minimum atomic E-state index is 0.0953. The van der Waals surface area contributed by atoms with E-state index in [4.69, 9.17) is 4.52 Å². The number of rotatable bonds is 6. The molecule has 1 aromatic carbocycles. The maximum absolute atomic E-state index is 12.5. The zero-order valence-corrected chi connectivity index (χ0v) is 17.8. The number of hydrogen-bond acceptors (Lipinski definition) is 4. The van der Waals surface area contributed by atoms with Crippen LogP contribution in [0.15, 0.2) is 46.3 Å². The van der Waals surface area contributed by atoms with Gasteiger partial charge in [-0.3, -0.25) is 4.79 Å². The zero-order chi connectivity index (χ0) is 20.2. The molecule has 29 heavy (non-hydrogen) atoms. The van der Waals surface area contributed by atoms with Crippen LogP contribution in [-0.2, 0) is 11.3 Å². The zero-order valence-electron chi connectivity index (χ0n) is 17.0. The molecule has 6 nitrogen and oxygen atoms in total. The van der Waals surface area contributed by atoms with Gasteiger partial charge in [0.2, 0.25) is 0 Å². The first kappa shape index (κ1) is 19.8. The van der Waals surface area contributed by atoms with Crippen LogP contribution in [0.5, 0.6) is 0 Å². The smallest absolute Gasteiger partial charge is 0.279 e. The Morgan fingerprint density at radius 3 is 2.52 bits per heavy atom. The summed E-state index contributed by atoms with van der Waals surface area (Å²) in [5, 5.41) is 9.38. The first-order chi connectivity index (χ1) is 14.1. The Kier molecular flexibility index (Phi) is 6.08. The Balaban J connectivity index is 1.25. The SMILES string of the molecule is Cc1cccc(C)c1NC(=O)C[NH+]1CC[NH+](Cc2cc(-c3cccs3)on2)CC1. The van der Waals surface area contributed by atoms with Crippen molar-refractivity contribution >= 4 is 22.9 Å². The number of para-hydroxylation sites is 1. The maximum atomic E-state index is 12.5. The fourth-order valence-corrected chi connectivity index (χ4v) is 4.59. The number of carbonyl (C=O) groups is 1. The van der Waals surface area contributed by atoms with Crippen molar-refractivity contribution in [2.24, 2.45) is 0 Å². The molecule has 0 saturated carbocycles. The number of thiophene rings is 1. The Hall–Kier alpha value is -2.48. The Labute approximate surface area is 175 Å². The highest BCUT2D eigenvalue weighted by atomic mass is 32.1. The van der Waals surface area contributed by atoms with Crippen molar-refractivity contribution in [1.29, 1.82) is 0 Å². The number of amides is 1. The van der Waals surface area contributed by atoms with Crippen LogP contribution in [0.3, 0.4) is 0 Å². The first-order valence-corrected chi connectivity index (χ1v) is 11.0. The van der Waals surface area contributed by atoms with E-state index in [2.05, 4.69) is 16.5 Å². The van der Waals surface area contributed by atoms with Crippen molar-refractivity contribution in [2.75, 3.05) is 38.0 Å². The number of aromatic nitrogens is 1. The van der Waals surface area contributed by atoms with E-state index in [0.717, 1.165) is 65.9 Å². The number of benzene rings is 1. The molecule has 0 bridgehead atoms. The van der Waals surface area contributed by atoms with Gasteiger partial charge in [-0.25, -0.2) is 0 Å². The number of nitrogens with zero attached hydrogens (tertiary/aromatic N) is 1. The Morgan fingerprint density at radius 2 is 1.83 bits per heavy atom. The molecule has 1 amide bonds. The lowest BCUT2D eigenvalue weighted by Gasteiger charge is -2.28. The van der Waals surface area contributed by atoms with Crippen molar-refractivity contribution in [1.82, 2.24) is 5.16 Å². The molecule has 7 heteroatoms. The van der Waals surface area contributed by atoms with E-state index >= 15 is 0 Å². The summed E-state index contributed by atoms with van der Waals surface area (Å²) in [5.74, 6) is 0.944. The number of piperazine rings is 1. The fourth-order valence-electron chi connectivity index (χ4n) is 3.92. The van der Waals surface area contributed by atoms with Crippen LogP contribution in [0.25, 0.3) is 10.6 Å². The third kappa shape index (κ3) is 4.93. The summed E-state index contributed by atoms with van der Waals surface area (Å²) in [5.41, 5.74) is 4.17. The molecule has 0 aliphatic carbocycles. The van der Waals surface area contributed by atoms with Gasteiger partial charge in [0, 0.05) is 11.8 Å². The minimum absolute atomic E-state index is 0.0953. The van der Waals surface area contributed by atoms with E-state index in [1.807, 2.05) is 49.6 Å². The van der Waals surface area contributed by atoms with Gasteiger partial charge in [0.05, 0.1) is 4.88 Å². The number of aryl methyl sites for hydroxylation is 2. The van der Waals surface area contributed by atoms with Crippen LogP contribution in [0.2, 0.25) is 0 Å². The van der Waals surface area contributed by atoms with Gasteiger partial charge in [0.25, 0.3) is 5.91 Å². The topological polar surface area (TPSA) is 64.0 Å². The van der Waals surface area contributed by atoms with E-state index in [-0.39, 0.29) is 5.91 Å². The normalized spacial score (nSPS) is 19.2. The van der Waals surface area contributed by atoms with Crippen LogP contribution in [0.4, 0.5) is 5.69 Å². The van der Waals surface area contributed by atoms with Gasteiger partial charge in [-0.15, -0.1) is 11.3 Å². The molecule has 1 fully saturated rings. The highest BCUT2D eigenvalue weighted by Crippen LogP contribution is 2.24. The lowest BCUT2D eigenvalue weighted by atomic mass is 10.1. The average molecular weight is 413 g/mol. The predicted molar refractivity (Wildman–Crippen MR) is 114 cm³/mol. The molecule has 152 valence electrons. The van der Waals surface area contributed by atoms with Gasteiger partial charge in [0.1, 0.15) is 38.4 Å². The highest BCUT2D eigenvalue weighted by molar-refractivity contribution is 7.13. The molecule has 2 aromatic heterocycles. The van der Waals surface area contributed by atoms with E-state index < -0.39 is 0 Å². The average Bonchev–Trinajstić information content (AvgIpc) is 3.38. The second kappa shape index (κ2) is 8.90. The third-order valence-electron chi connectivity index (χ3n) is 5.57. The van der Waals surface area contributed by atoms with Gasteiger partial charge in [-0.2, -0.15) is 0 Å². The molecule has 0 atom stereocenters. The standard InChI is InChI=1S/C22H26N4O2S/c1-16-5-3-6-17(2)22(16)23-21(27)15-26-10-8-25(9-11-26)14-18-13-19(28-24-18)20-7-4-12-29-20/h3-7,12-13H,8-11,14-15H2,1-2H3,(H,23,27)/p+2. The molecule has 0 unspecified atom stereocenters. The molecule has 4 rings (SSSR count). The molecule has 0 radical (unpaired) electrons. The van der Waals surface area contributed by atoms with Crippen molar-refractivity contribution in [3.05, 3.63) is 58.6 Å². The van der Waals surface area contributed by atoms with Gasteiger partial charge >= 0.3 is 0 Å². The number of anilines is 1. The monoisotopic (exact) mass is 412 g/mol. The molecule has 1 aliphatic heterocycles. The van der Waals surface area contributed by atoms with Gasteiger partial charge in [-0.1, -0.05) is 29.4 Å². The van der Waals surface area contributed by atoms with Crippen LogP contribution >= 0.6 is 11.3 Å². The lowest BCUT2D eigenvalue weighted by Crippen LogP contribution is -3.28. The summed E-state index contributed by atoms with van der Waals surface area (Å²) < 4.78 is 5.49. The van der Waals surface area contributed by atoms with Crippen LogP contribution < -0.4 is 15.1 Å². The van der Waals surface area contributed by atoms with Gasteiger partial charge in [-0.05, 0) is 36.4 Å². The van der Waals surface area contributed by atoms with Crippen molar-refractivity contribution in [3.63, 3.8) is 0 Å². The first-order valence-electron chi connectivity index (χ1n) is 10.1. The van der Waals surface area contributed by atoms with Crippen molar-refractivity contribution in [2.45, 2.75) is 20.4 Å². The van der Waals surface area contributed by atoms with Crippen LogP contribution in [0.1, 0.15) is 16.8 Å². The number of carbonyl (C=O) groups excluding carboxylic acids is 1. The summed E-state index contributed by atoms with van der Waals surface area (Å²) >= 11 is 1.66. The summed E-state index contributed by atoms with van der Waals surface area (Å²) in [6.45, 7) is 9.51. The van der Waals surface area contributed by atoms with Gasteiger partial charge < -0.3 is 19.6 Å². The number of nitrogens with one attached hydrogen (secondary N) is 3. The number of hydrogen-bond donors (Lipinski definition) is 3. The second-order valence-electron chi connectivity index (χ2n) is 7.83. The predicted octanol–water partition coefficient (Wildman–Crippen LogP) is 0.942. The van der Waals surface area contributed by atoms with Crippen molar-refractivity contribution < 1.29 is 19.1 Å². The molecule has 3 aromatic rings. The molecule has 3 heterocycles. The van der Waals surface area contributed by atoms with E-state index in [9.17, 15) is 4.79 Å². The largest absolute Gasteiger partial charge is 0.355 e. The molecule has 1 saturated heterocycles. The molecule has 1 aliphatic rings. The van der Waals surface area contributed by atoms with Crippen LogP contribution in [0, 0.1) is 13.8 Å². The van der Waals surface area contributed by atoms with Gasteiger partial charge in [0.15, 0.2) is 12.3 Å². The maximum Gasteiger partial charge on any atom is 0.279 e. The summed E-state index contributed by atoms with van der Waals surface area (Å²) in [7, 11) is 0. The Morgan fingerprint density at radius 1 is 1.10 bits per heavy atom. The van der Waals surface area contributed by atoms with Crippen LogP contribution in [-0.4, -0.2) is 43.8 Å². The molecular weight excluding hydrogens is 384 g/mol. The highest BCUT2D eigenvalue weighted by Gasteiger charge is 2.26. The van der Waals surface area contributed by atoms with Crippen molar-refractivity contribution in [3.8, 4) is 10.6 Å².